The minimum atomic E-state index is 0.0691. The molecule has 7 nitrogen and oxygen atoms in total. The summed E-state index contributed by atoms with van der Waals surface area (Å²) in [6.45, 7) is 3.42. The second-order valence-electron chi connectivity index (χ2n) is 7.33. The Kier molecular flexibility index (Phi) is 4.35. The Balaban J connectivity index is 1.49. The lowest BCUT2D eigenvalue weighted by Gasteiger charge is -2.26. The molecule has 0 saturated carbocycles. The molecule has 3 aromatic heterocycles. The minimum absolute atomic E-state index is 0.0691. The van der Waals surface area contributed by atoms with Crippen LogP contribution in [0.5, 0.6) is 0 Å². The lowest BCUT2D eigenvalue weighted by atomic mass is 10.1. The first-order valence-corrected chi connectivity index (χ1v) is 9.88. The molecule has 0 bridgehead atoms. The van der Waals surface area contributed by atoms with E-state index >= 15 is 0 Å². The number of amides is 1. The Hall–Kier alpha value is -3.48. The van der Waals surface area contributed by atoms with Crippen LogP contribution in [0.2, 0.25) is 0 Å². The van der Waals surface area contributed by atoms with Crippen molar-refractivity contribution >= 4 is 11.4 Å². The molecular formula is C22H21N5O2. The van der Waals surface area contributed by atoms with Gasteiger partial charge < -0.3 is 9.42 Å². The number of carbonyl (C=O) groups excluding carboxylic acids is 1. The Morgan fingerprint density at radius 2 is 1.76 bits per heavy atom. The molecule has 1 aromatic carbocycles. The highest BCUT2D eigenvalue weighted by Crippen LogP contribution is 2.26. The second kappa shape index (κ2) is 7.16. The van der Waals surface area contributed by atoms with Crippen molar-refractivity contribution in [2.24, 2.45) is 0 Å². The van der Waals surface area contributed by atoms with E-state index in [0.717, 1.165) is 48.3 Å². The molecule has 0 N–H and O–H groups in total. The summed E-state index contributed by atoms with van der Waals surface area (Å²) in [4.78, 5) is 19.2. The number of pyridine rings is 1. The van der Waals surface area contributed by atoms with Crippen LogP contribution in [0, 0.1) is 6.92 Å². The standard InChI is InChI=1S/C22H21N5O2/c1-15-24-21(25-29-15)17-10-8-16(9-11-17)19-6-5-7-20-18(14-23-27(19)20)22(28)26-12-3-2-4-13-26/h5-11,14H,2-4,12-13H2,1H3. The third kappa shape index (κ3) is 3.18. The first-order chi connectivity index (χ1) is 14.2. The van der Waals surface area contributed by atoms with Crippen LogP contribution in [-0.2, 0) is 0 Å². The lowest BCUT2D eigenvalue weighted by Crippen LogP contribution is -2.35. The molecule has 29 heavy (non-hydrogen) atoms. The smallest absolute Gasteiger partial charge is 0.257 e. The molecule has 1 aliphatic rings. The van der Waals surface area contributed by atoms with Crippen LogP contribution in [-0.4, -0.2) is 43.7 Å². The van der Waals surface area contributed by atoms with Crippen molar-refractivity contribution in [3.8, 4) is 22.6 Å². The van der Waals surface area contributed by atoms with Crippen molar-refractivity contribution in [2.45, 2.75) is 26.2 Å². The number of aromatic nitrogens is 4. The van der Waals surface area contributed by atoms with Gasteiger partial charge in [-0.05, 0) is 31.4 Å². The quantitative estimate of drug-likeness (QED) is 0.531. The van der Waals surface area contributed by atoms with Crippen LogP contribution >= 0.6 is 0 Å². The van der Waals surface area contributed by atoms with Crippen molar-refractivity contribution < 1.29 is 9.32 Å². The van der Waals surface area contributed by atoms with Gasteiger partial charge >= 0.3 is 0 Å². The summed E-state index contributed by atoms with van der Waals surface area (Å²) in [5.74, 6) is 1.18. The van der Waals surface area contributed by atoms with E-state index in [-0.39, 0.29) is 5.91 Å². The van der Waals surface area contributed by atoms with Gasteiger partial charge in [0.15, 0.2) is 0 Å². The van der Waals surface area contributed by atoms with E-state index in [9.17, 15) is 4.79 Å². The summed E-state index contributed by atoms with van der Waals surface area (Å²) < 4.78 is 6.89. The third-order valence-electron chi connectivity index (χ3n) is 5.38. The van der Waals surface area contributed by atoms with Crippen LogP contribution in [0.4, 0.5) is 0 Å². The maximum absolute atomic E-state index is 13.0. The summed E-state index contributed by atoms with van der Waals surface area (Å²) in [5.41, 5.74) is 4.30. The van der Waals surface area contributed by atoms with Gasteiger partial charge in [-0.15, -0.1) is 0 Å². The van der Waals surface area contributed by atoms with Crippen molar-refractivity contribution in [1.82, 2.24) is 24.7 Å². The van der Waals surface area contributed by atoms with Gasteiger partial charge in [-0.25, -0.2) is 4.52 Å². The van der Waals surface area contributed by atoms with Crippen LogP contribution in [0.15, 0.2) is 53.2 Å². The molecule has 4 aromatic rings. The zero-order chi connectivity index (χ0) is 19.8. The number of fused-ring (bicyclic) bond motifs is 1. The van der Waals surface area contributed by atoms with Gasteiger partial charge in [0.25, 0.3) is 5.91 Å². The lowest BCUT2D eigenvalue weighted by molar-refractivity contribution is 0.0726. The summed E-state index contributed by atoms with van der Waals surface area (Å²) in [6.07, 6.45) is 5.03. The zero-order valence-electron chi connectivity index (χ0n) is 16.2. The molecule has 0 atom stereocenters. The summed E-state index contributed by atoms with van der Waals surface area (Å²) in [5, 5.41) is 8.48. The van der Waals surface area contributed by atoms with Gasteiger partial charge in [-0.1, -0.05) is 35.5 Å². The predicted molar refractivity (Wildman–Crippen MR) is 108 cm³/mol. The highest BCUT2D eigenvalue weighted by Gasteiger charge is 2.22. The van der Waals surface area contributed by atoms with Crippen LogP contribution < -0.4 is 0 Å². The van der Waals surface area contributed by atoms with Crippen molar-refractivity contribution in [2.75, 3.05) is 13.1 Å². The first-order valence-electron chi connectivity index (χ1n) is 9.88. The number of aryl methyl sites for hydroxylation is 1. The monoisotopic (exact) mass is 387 g/mol. The molecule has 0 spiro atoms. The highest BCUT2D eigenvalue weighted by molar-refractivity contribution is 6.01. The number of hydrogen-bond donors (Lipinski definition) is 0. The first kappa shape index (κ1) is 17.6. The maximum atomic E-state index is 13.0. The van der Waals surface area contributed by atoms with Crippen LogP contribution in [0.1, 0.15) is 35.5 Å². The minimum Gasteiger partial charge on any atom is -0.339 e. The van der Waals surface area contributed by atoms with E-state index in [1.165, 1.54) is 6.42 Å². The van der Waals surface area contributed by atoms with Crippen molar-refractivity contribution in [3.63, 3.8) is 0 Å². The SMILES string of the molecule is Cc1nc(-c2ccc(-c3cccc4c(C(=O)N5CCCCC5)cnn34)cc2)no1. The molecule has 5 rings (SSSR count). The average Bonchev–Trinajstić information content (AvgIpc) is 3.40. The number of hydrogen-bond acceptors (Lipinski definition) is 5. The number of likely N-dealkylation sites (tertiary alicyclic amines) is 1. The number of nitrogens with zero attached hydrogens (tertiary/aromatic N) is 5. The third-order valence-corrected chi connectivity index (χ3v) is 5.38. The normalized spacial score (nSPS) is 14.4. The van der Waals surface area contributed by atoms with Crippen LogP contribution in [0.25, 0.3) is 28.2 Å². The van der Waals surface area contributed by atoms with Gasteiger partial charge in [0, 0.05) is 31.1 Å². The second-order valence-corrected chi connectivity index (χ2v) is 7.33. The molecule has 1 aliphatic heterocycles. The number of carbonyl (C=O) groups is 1. The molecule has 0 unspecified atom stereocenters. The van der Waals surface area contributed by atoms with Gasteiger partial charge in [0.2, 0.25) is 11.7 Å². The van der Waals surface area contributed by atoms with E-state index in [2.05, 4.69) is 15.2 Å². The Labute approximate surface area is 168 Å². The molecule has 0 radical (unpaired) electrons. The van der Waals surface area contributed by atoms with Crippen LogP contribution in [0.3, 0.4) is 0 Å². The highest BCUT2D eigenvalue weighted by atomic mass is 16.5. The van der Waals surface area contributed by atoms with Gasteiger partial charge in [0.05, 0.1) is 23.0 Å². The van der Waals surface area contributed by atoms with E-state index in [0.29, 0.717) is 17.3 Å². The number of benzene rings is 1. The largest absolute Gasteiger partial charge is 0.339 e. The summed E-state index contributed by atoms with van der Waals surface area (Å²) >= 11 is 0. The van der Waals surface area contributed by atoms with Gasteiger partial charge in [-0.3, -0.25) is 4.79 Å². The van der Waals surface area contributed by atoms with E-state index in [1.807, 2.05) is 51.9 Å². The van der Waals surface area contributed by atoms with Gasteiger partial charge in [0.1, 0.15) is 0 Å². The molecule has 4 heterocycles. The molecule has 0 aliphatic carbocycles. The van der Waals surface area contributed by atoms with E-state index < -0.39 is 0 Å². The molecule has 1 saturated heterocycles. The van der Waals surface area contributed by atoms with Crippen molar-refractivity contribution in [1.29, 1.82) is 0 Å². The van der Waals surface area contributed by atoms with Gasteiger partial charge in [-0.2, -0.15) is 10.1 Å². The predicted octanol–water partition coefficient (Wildman–Crippen LogP) is 3.99. The van der Waals surface area contributed by atoms with E-state index in [4.69, 9.17) is 4.52 Å². The molecular weight excluding hydrogens is 366 g/mol. The fourth-order valence-corrected chi connectivity index (χ4v) is 3.87. The topological polar surface area (TPSA) is 76.5 Å². The number of rotatable bonds is 3. The Bertz CT molecular complexity index is 1170. The molecule has 146 valence electrons. The molecule has 1 fully saturated rings. The fraction of sp³-hybridized carbons (Fsp3) is 0.273. The fourth-order valence-electron chi connectivity index (χ4n) is 3.87. The summed E-state index contributed by atoms with van der Waals surface area (Å²) in [7, 11) is 0. The number of piperidine rings is 1. The molecule has 1 amide bonds. The maximum Gasteiger partial charge on any atom is 0.257 e. The molecule has 7 heteroatoms. The van der Waals surface area contributed by atoms with Crippen molar-refractivity contribution in [3.05, 3.63) is 60.1 Å². The average molecular weight is 387 g/mol. The zero-order valence-corrected chi connectivity index (χ0v) is 16.2. The van der Waals surface area contributed by atoms with E-state index in [1.54, 1.807) is 13.1 Å². The summed E-state index contributed by atoms with van der Waals surface area (Å²) in [6, 6.07) is 13.8. The Morgan fingerprint density at radius 1 is 1.00 bits per heavy atom. The Morgan fingerprint density at radius 3 is 2.48 bits per heavy atom.